The molecule has 7 nitrogen and oxygen atoms in total. The summed E-state index contributed by atoms with van der Waals surface area (Å²) in [6, 6.07) is 13.0. The maximum atomic E-state index is 13.3. The third-order valence-corrected chi connectivity index (χ3v) is 6.09. The molecule has 1 aliphatic heterocycles. The summed E-state index contributed by atoms with van der Waals surface area (Å²) in [6.45, 7) is 0.148. The fraction of sp³-hybridized carbons (Fsp3) is 0.192. The van der Waals surface area contributed by atoms with Crippen LogP contribution in [-0.4, -0.2) is 47.4 Å². The fourth-order valence-corrected chi connectivity index (χ4v) is 4.29. The minimum atomic E-state index is -0.942. The molecule has 1 amide bonds. The van der Waals surface area contributed by atoms with E-state index in [1.807, 2.05) is 0 Å². The molecule has 1 aromatic heterocycles. The first-order valence-electron chi connectivity index (χ1n) is 10.7. The normalized spacial score (nSPS) is 17.0. The van der Waals surface area contributed by atoms with Crippen molar-refractivity contribution in [1.29, 1.82) is 0 Å². The summed E-state index contributed by atoms with van der Waals surface area (Å²) in [4.78, 5) is 32.0. The van der Waals surface area contributed by atoms with E-state index in [0.717, 1.165) is 5.56 Å². The van der Waals surface area contributed by atoms with Gasteiger partial charge >= 0.3 is 0 Å². The van der Waals surface area contributed by atoms with Crippen LogP contribution in [-0.2, 0) is 16.0 Å². The quantitative estimate of drug-likeness (QED) is 0.293. The molecule has 1 N–H and O–H groups in total. The zero-order valence-corrected chi connectivity index (χ0v) is 19.8. The van der Waals surface area contributed by atoms with Crippen LogP contribution in [0.1, 0.15) is 22.9 Å². The molecule has 1 atom stereocenters. The van der Waals surface area contributed by atoms with Crippen LogP contribution in [0.25, 0.3) is 5.76 Å². The Morgan fingerprint density at radius 3 is 2.43 bits per heavy atom. The van der Waals surface area contributed by atoms with Crippen molar-refractivity contribution in [3.63, 3.8) is 0 Å². The van der Waals surface area contributed by atoms with Gasteiger partial charge in [-0.15, -0.1) is 0 Å². The van der Waals surface area contributed by atoms with Crippen molar-refractivity contribution in [3.8, 4) is 11.5 Å². The predicted octanol–water partition coefficient (Wildman–Crippen LogP) is 4.56. The monoisotopic (exact) mass is 496 g/mol. The molecule has 0 spiro atoms. The van der Waals surface area contributed by atoms with Gasteiger partial charge in [0.05, 0.1) is 36.1 Å². The minimum Gasteiger partial charge on any atom is -0.507 e. The van der Waals surface area contributed by atoms with Crippen molar-refractivity contribution in [3.05, 3.63) is 94.0 Å². The SMILES string of the molecule is COc1cc(OC)c(/C(O)=C2\C(=O)C(=O)N(CCc3ccc(F)cc3)C2c2ccccn2)cc1Cl. The third kappa shape index (κ3) is 4.70. The number of rotatable bonds is 7. The number of amides is 1. The minimum absolute atomic E-state index is 0.132. The summed E-state index contributed by atoms with van der Waals surface area (Å²) < 4.78 is 23.9. The van der Waals surface area contributed by atoms with Gasteiger partial charge in [0.15, 0.2) is 0 Å². The summed E-state index contributed by atoms with van der Waals surface area (Å²) in [7, 11) is 2.84. The molecule has 35 heavy (non-hydrogen) atoms. The number of likely N-dealkylation sites (tertiary alicyclic amines) is 1. The molecule has 1 unspecified atom stereocenters. The van der Waals surface area contributed by atoms with Gasteiger partial charge in [0, 0.05) is 18.8 Å². The summed E-state index contributed by atoms with van der Waals surface area (Å²) in [5.41, 5.74) is 1.20. The average Bonchev–Trinajstić information content (AvgIpc) is 3.13. The Morgan fingerprint density at radius 2 is 1.80 bits per heavy atom. The van der Waals surface area contributed by atoms with E-state index in [4.69, 9.17) is 21.1 Å². The number of carbonyl (C=O) groups is 2. The van der Waals surface area contributed by atoms with Crippen LogP contribution in [0, 0.1) is 5.82 Å². The van der Waals surface area contributed by atoms with Gasteiger partial charge in [0.1, 0.15) is 29.1 Å². The van der Waals surface area contributed by atoms with Gasteiger partial charge in [-0.1, -0.05) is 29.8 Å². The van der Waals surface area contributed by atoms with Gasteiger partial charge in [0.2, 0.25) is 0 Å². The highest BCUT2D eigenvalue weighted by atomic mass is 35.5. The number of halogens is 2. The number of aliphatic hydroxyl groups is 1. The zero-order chi connectivity index (χ0) is 25.1. The standard InChI is InChI=1S/C26H22ClFN2O5/c1-34-20-14-21(35-2)18(27)13-17(20)24(31)22-23(19-5-3-4-11-29-19)30(26(33)25(22)32)12-10-15-6-8-16(28)9-7-15/h3-9,11,13-14,23,31H,10,12H2,1-2H3/b24-22+. The molecule has 3 aromatic rings. The molecule has 0 radical (unpaired) electrons. The number of hydrogen-bond acceptors (Lipinski definition) is 6. The van der Waals surface area contributed by atoms with E-state index in [0.29, 0.717) is 17.9 Å². The Balaban J connectivity index is 1.81. The lowest BCUT2D eigenvalue weighted by atomic mass is 9.97. The Labute approximate surface area is 206 Å². The summed E-state index contributed by atoms with van der Waals surface area (Å²) in [5, 5.41) is 11.5. The van der Waals surface area contributed by atoms with Crippen molar-refractivity contribution < 1.29 is 28.6 Å². The number of aromatic nitrogens is 1. The van der Waals surface area contributed by atoms with E-state index in [-0.39, 0.29) is 34.3 Å². The van der Waals surface area contributed by atoms with Crippen LogP contribution >= 0.6 is 11.6 Å². The first-order chi connectivity index (χ1) is 16.8. The number of Topliss-reactive ketones (excluding diaryl/α,β-unsaturated/α-hetero) is 1. The number of ether oxygens (including phenoxy) is 2. The van der Waals surface area contributed by atoms with Crippen molar-refractivity contribution in [2.24, 2.45) is 0 Å². The Hall–Kier alpha value is -3.91. The van der Waals surface area contributed by atoms with E-state index in [2.05, 4.69) is 4.98 Å². The van der Waals surface area contributed by atoms with Crippen LogP contribution in [0.3, 0.4) is 0 Å². The molecule has 180 valence electrons. The Morgan fingerprint density at radius 1 is 1.09 bits per heavy atom. The third-order valence-electron chi connectivity index (χ3n) is 5.79. The van der Waals surface area contributed by atoms with Crippen LogP contribution in [0.5, 0.6) is 11.5 Å². The number of ketones is 1. The second kappa shape index (κ2) is 10.1. The Bertz CT molecular complexity index is 1300. The molecular formula is C26H22ClFN2O5. The highest BCUT2D eigenvalue weighted by Gasteiger charge is 2.46. The van der Waals surface area contributed by atoms with E-state index >= 15 is 0 Å². The molecule has 0 aliphatic carbocycles. The molecule has 0 bridgehead atoms. The average molecular weight is 497 g/mol. The smallest absolute Gasteiger partial charge is 0.295 e. The molecule has 1 fully saturated rings. The van der Waals surface area contributed by atoms with Gasteiger partial charge in [-0.25, -0.2) is 4.39 Å². The topological polar surface area (TPSA) is 89.0 Å². The molecule has 1 saturated heterocycles. The molecule has 1 aliphatic rings. The number of nitrogens with zero attached hydrogens (tertiary/aromatic N) is 2. The summed E-state index contributed by atoms with van der Waals surface area (Å²) in [5.74, 6) is -1.91. The Kier molecular flexibility index (Phi) is 7.02. The largest absolute Gasteiger partial charge is 0.507 e. The second-order valence-electron chi connectivity index (χ2n) is 7.81. The van der Waals surface area contributed by atoms with Crippen LogP contribution < -0.4 is 9.47 Å². The van der Waals surface area contributed by atoms with Crippen LogP contribution in [0.15, 0.2) is 66.4 Å². The van der Waals surface area contributed by atoms with Gasteiger partial charge in [-0.05, 0) is 42.3 Å². The number of benzene rings is 2. The fourth-order valence-electron chi connectivity index (χ4n) is 4.05. The van der Waals surface area contributed by atoms with E-state index in [1.165, 1.54) is 43.4 Å². The molecule has 0 saturated carbocycles. The van der Waals surface area contributed by atoms with Gasteiger partial charge in [0.25, 0.3) is 11.7 Å². The number of pyridine rings is 1. The van der Waals surface area contributed by atoms with Crippen LogP contribution in [0.2, 0.25) is 5.02 Å². The van der Waals surface area contributed by atoms with Crippen LogP contribution in [0.4, 0.5) is 4.39 Å². The van der Waals surface area contributed by atoms with Crippen molar-refractivity contribution >= 4 is 29.1 Å². The summed E-state index contributed by atoms with van der Waals surface area (Å²) >= 11 is 6.27. The maximum absolute atomic E-state index is 13.3. The van der Waals surface area contributed by atoms with E-state index in [1.54, 1.807) is 36.5 Å². The number of hydrogen-bond donors (Lipinski definition) is 1. The highest BCUT2D eigenvalue weighted by molar-refractivity contribution is 6.46. The van der Waals surface area contributed by atoms with Crippen molar-refractivity contribution in [1.82, 2.24) is 9.88 Å². The van der Waals surface area contributed by atoms with Gasteiger partial charge < -0.3 is 19.5 Å². The molecule has 2 aromatic carbocycles. The predicted molar refractivity (Wildman–Crippen MR) is 128 cm³/mol. The number of carbonyl (C=O) groups excluding carboxylic acids is 2. The van der Waals surface area contributed by atoms with E-state index in [9.17, 15) is 19.1 Å². The second-order valence-corrected chi connectivity index (χ2v) is 8.22. The summed E-state index contributed by atoms with van der Waals surface area (Å²) in [6.07, 6.45) is 1.91. The van der Waals surface area contributed by atoms with Gasteiger partial charge in [-0.2, -0.15) is 0 Å². The zero-order valence-electron chi connectivity index (χ0n) is 19.0. The molecule has 2 heterocycles. The molecule has 9 heteroatoms. The lowest BCUT2D eigenvalue weighted by Gasteiger charge is -2.24. The van der Waals surface area contributed by atoms with Crippen molar-refractivity contribution in [2.45, 2.75) is 12.5 Å². The van der Waals surface area contributed by atoms with Crippen molar-refractivity contribution in [2.75, 3.05) is 20.8 Å². The number of methoxy groups -OCH3 is 2. The number of aliphatic hydroxyl groups excluding tert-OH is 1. The highest BCUT2D eigenvalue weighted by Crippen LogP contribution is 2.42. The lowest BCUT2D eigenvalue weighted by Crippen LogP contribution is -2.32. The maximum Gasteiger partial charge on any atom is 0.295 e. The molecular weight excluding hydrogens is 475 g/mol. The molecule has 4 rings (SSSR count). The first-order valence-corrected chi connectivity index (χ1v) is 11.1. The lowest BCUT2D eigenvalue weighted by molar-refractivity contribution is -0.139. The first kappa shape index (κ1) is 24.2. The van der Waals surface area contributed by atoms with E-state index < -0.39 is 23.5 Å². The van der Waals surface area contributed by atoms with Gasteiger partial charge in [-0.3, -0.25) is 14.6 Å².